The summed E-state index contributed by atoms with van der Waals surface area (Å²) in [6.07, 6.45) is 1.01. The number of aliphatic hydroxyl groups is 1. The first-order valence-corrected chi connectivity index (χ1v) is 9.03. The second kappa shape index (κ2) is 5.47. The van der Waals surface area contributed by atoms with E-state index in [1.165, 1.54) is 27.4 Å². The minimum atomic E-state index is -1.35. The van der Waals surface area contributed by atoms with Gasteiger partial charge in [-0.25, -0.2) is 0 Å². The smallest absolute Gasteiger partial charge is 0.201 e. The zero-order valence-corrected chi connectivity index (χ0v) is 15.7. The van der Waals surface area contributed by atoms with E-state index < -0.39 is 27.8 Å². The Balaban J connectivity index is 2.00. The molecule has 1 spiro atoms. The zero-order valence-electron chi connectivity index (χ0n) is 14.9. The molecule has 0 bridgehead atoms. The van der Waals surface area contributed by atoms with Crippen LogP contribution in [0, 0.1) is 10.8 Å². The molecular weight excluding hydrogens is 362 g/mol. The SMILES string of the molecule is COC1=CC(=O)C2(C(Cl)C[C@]34NCC[C@]23CC(=O)C(OC)=C4OC)C1O. The molecule has 26 heavy (non-hydrogen) atoms. The fraction of sp³-hybridized carbons (Fsp3) is 0.667. The van der Waals surface area contributed by atoms with Gasteiger partial charge in [0.25, 0.3) is 0 Å². The van der Waals surface area contributed by atoms with Crippen LogP contribution in [0.4, 0.5) is 0 Å². The average molecular weight is 384 g/mol. The normalized spacial score (nSPS) is 44.3. The minimum absolute atomic E-state index is 0.0485. The molecule has 8 heteroatoms. The van der Waals surface area contributed by atoms with E-state index in [0.717, 1.165) is 0 Å². The molecule has 0 aromatic carbocycles. The predicted octanol–water partition coefficient (Wildman–Crippen LogP) is 0.653. The summed E-state index contributed by atoms with van der Waals surface area (Å²) in [5.41, 5.74) is -3.10. The molecule has 1 heterocycles. The van der Waals surface area contributed by atoms with E-state index in [1.807, 2.05) is 0 Å². The Morgan fingerprint density at radius 1 is 1.23 bits per heavy atom. The number of Topliss-reactive ketones (excluding diaryl/α,β-unsaturated/α-hetero) is 1. The summed E-state index contributed by atoms with van der Waals surface area (Å²) < 4.78 is 16.2. The highest BCUT2D eigenvalue weighted by Crippen LogP contribution is 2.72. The monoisotopic (exact) mass is 383 g/mol. The van der Waals surface area contributed by atoms with Gasteiger partial charge < -0.3 is 24.6 Å². The lowest BCUT2D eigenvalue weighted by molar-refractivity contribution is -0.146. The first-order chi connectivity index (χ1) is 12.4. The number of carbonyl (C=O) groups is 2. The van der Waals surface area contributed by atoms with Crippen LogP contribution in [0.15, 0.2) is 23.4 Å². The van der Waals surface area contributed by atoms with E-state index in [2.05, 4.69) is 5.32 Å². The second-order valence-corrected chi connectivity index (χ2v) is 7.92. The van der Waals surface area contributed by atoms with Crippen molar-refractivity contribution in [1.29, 1.82) is 0 Å². The summed E-state index contributed by atoms with van der Waals surface area (Å²) >= 11 is 6.77. The largest absolute Gasteiger partial charge is 0.498 e. The van der Waals surface area contributed by atoms with Crippen LogP contribution in [0.2, 0.25) is 0 Å². The summed E-state index contributed by atoms with van der Waals surface area (Å²) in [7, 11) is 4.31. The van der Waals surface area contributed by atoms with E-state index in [0.29, 0.717) is 25.1 Å². The van der Waals surface area contributed by atoms with Crippen molar-refractivity contribution in [2.75, 3.05) is 27.9 Å². The zero-order chi connectivity index (χ0) is 18.9. The first-order valence-electron chi connectivity index (χ1n) is 8.59. The maximum atomic E-state index is 13.2. The van der Waals surface area contributed by atoms with E-state index >= 15 is 0 Å². The summed E-state index contributed by atoms with van der Waals surface area (Å²) in [5, 5.41) is 13.8. The van der Waals surface area contributed by atoms with Crippen molar-refractivity contribution in [3.05, 3.63) is 23.4 Å². The van der Waals surface area contributed by atoms with Crippen molar-refractivity contribution >= 4 is 23.2 Å². The standard InChI is InChI=1S/C18H22ClNO6/c1-24-10-6-12(22)18(14(10)23)11(19)8-17-15(26-3)13(25-2)9(21)7-16(17,18)4-5-20-17/h6,11,14,20,23H,4-5,7-8H2,1-3H3/t11?,14?,16-,17-,18?/m1/s1. The number of allylic oxidation sites excluding steroid dienone is 2. The van der Waals surface area contributed by atoms with Crippen molar-refractivity contribution in [3.63, 3.8) is 0 Å². The van der Waals surface area contributed by atoms with Gasteiger partial charge in [-0.2, -0.15) is 0 Å². The number of ether oxygens (including phenoxy) is 3. The number of rotatable bonds is 3. The van der Waals surface area contributed by atoms with Gasteiger partial charge in [0.15, 0.2) is 11.5 Å². The Morgan fingerprint density at radius 3 is 2.54 bits per heavy atom. The number of ketones is 2. The fourth-order valence-electron chi connectivity index (χ4n) is 6.03. The van der Waals surface area contributed by atoms with Crippen LogP contribution in [-0.4, -0.2) is 61.6 Å². The number of hydrogen-bond acceptors (Lipinski definition) is 7. The maximum absolute atomic E-state index is 13.2. The molecule has 0 radical (unpaired) electrons. The fourth-order valence-corrected chi connectivity index (χ4v) is 6.70. The van der Waals surface area contributed by atoms with E-state index in [1.54, 1.807) is 0 Å². The number of aliphatic hydroxyl groups excluding tert-OH is 1. The summed E-state index contributed by atoms with van der Waals surface area (Å²) in [6, 6.07) is 0. The van der Waals surface area contributed by atoms with Gasteiger partial charge in [0.05, 0.1) is 37.7 Å². The second-order valence-electron chi connectivity index (χ2n) is 7.39. The molecule has 4 aliphatic rings. The maximum Gasteiger partial charge on any atom is 0.201 e. The quantitative estimate of drug-likeness (QED) is 0.691. The average Bonchev–Trinajstić information content (AvgIpc) is 3.16. The van der Waals surface area contributed by atoms with Crippen molar-refractivity contribution in [2.45, 2.75) is 36.3 Å². The number of nitrogens with one attached hydrogen (secondary N) is 1. The van der Waals surface area contributed by atoms with E-state index in [-0.39, 0.29) is 29.5 Å². The third-order valence-electron chi connectivity index (χ3n) is 6.90. The summed E-state index contributed by atoms with van der Waals surface area (Å²) in [4.78, 5) is 26.1. The lowest BCUT2D eigenvalue weighted by atomic mass is 9.52. The van der Waals surface area contributed by atoms with Gasteiger partial charge >= 0.3 is 0 Å². The molecule has 1 aliphatic heterocycles. The number of alkyl halides is 1. The molecule has 1 saturated carbocycles. The van der Waals surface area contributed by atoms with Crippen LogP contribution >= 0.6 is 11.6 Å². The lowest BCUT2D eigenvalue weighted by Gasteiger charge is -2.51. The van der Waals surface area contributed by atoms with Crippen molar-refractivity contribution in [3.8, 4) is 0 Å². The Morgan fingerprint density at radius 2 is 1.96 bits per heavy atom. The third kappa shape index (κ3) is 1.59. The van der Waals surface area contributed by atoms with Crippen molar-refractivity contribution in [2.24, 2.45) is 10.8 Å². The molecular formula is C18H22ClNO6. The number of halogens is 1. The Labute approximate surface area is 156 Å². The molecule has 3 aliphatic carbocycles. The van der Waals surface area contributed by atoms with Crippen LogP contribution in [-0.2, 0) is 23.8 Å². The molecule has 5 atom stereocenters. The first kappa shape index (κ1) is 17.8. The van der Waals surface area contributed by atoms with Gasteiger partial charge in [-0.3, -0.25) is 9.59 Å². The van der Waals surface area contributed by atoms with Gasteiger partial charge in [0.2, 0.25) is 11.5 Å². The molecule has 2 fully saturated rings. The Hall–Kier alpha value is -1.57. The van der Waals surface area contributed by atoms with E-state index in [4.69, 9.17) is 25.8 Å². The summed E-state index contributed by atoms with van der Waals surface area (Å²) in [5.74, 6) is 0.155. The van der Waals surface area contributed by atoms with Crippen molar-refractivity contribution in [1.82, 2.24) is 5.32 Å². The molecule has 4 rings (SSSR count). The molecule has 142 valence electrons. The van der Waals surface area contributed by atoms with Gasteiger partial charge in [-0.15, -0.1) is 11.6 Å². The van der Waals surface area contributed by atoms with Crippen LogP contribution < -0.4 is 5.32 Å². The molecule has 1 saturated heterocycles. The molecule has 0 aromatic rings. The van der Waals surface area contributed by atoms with E-state index in [9.17, 15) is 14.7 Å². The van der Waals surface area contributed by atoms with Crippen LogP contribution in [0.25, 0.3) is 0 Å². The third-order valence-corrected chi connectivity index (χ3v) is 7.40. The number of methoxy groups -OCH3 is 3. The highest BCUT2D eigenvalue weighted by molar-refractivity contribution is 6.25. The Bertz CT molecular complexity index is 763. The highest BCUT2D eigenvalue weighted by atomic mass is 35.5. The number of carbonyl (C=O) groups excluding carboxylic acids is 2. The van der Waals surface area contributed by atoms with Gasteiger partial charge in [0, 0.05) is 17.9 Å². The molecule has 3 unspecified atom stereocenters. The topological polar surface area (TPSA) is 94.1 Å². The Kier molecular flexibility index (Phi) is 3.75. The molecule has 2 N–H and O–H groups in total. The highest BCUT2D eigenvalue weighted by Gasteiger charge is 2.82. The van der Waals surface area contributed by atoms with Crippen LogP contribution in [0.1, 0.15) is 19.3 Å². The minimum Gasteiger partial charge on any atom is -0.498 e. The molecule has 0 aromatic heterocycles. The summed E-state index contributed by atoms with van der Waals surface area (Å²) in [6.45, 7) is 0.574. The predicted molar refractivity (Wildman–Crippen MR) is 91.2 cm³/mol. The molecule has 7 nitrogen and oxygen atoms in total. The van der Waals surface area contributed by atoms with Crippen LogP contribution in [0.5, 0.6) is 0 Å². The van der Waals surface area contributed by atoms with Crippen molar-refractivity contribution < 1.29 is 28.9 Å². The van der Waals surface area contributed by atoms with Gasteiger partial charge in [-0.05, 0) is 19.4 Å². The van der Waals surface area contributed by atoms with Crippen LogP contribution in [0.3, 0.4) is 0 Å². The van der Waals surface area contributed by atoms with Gasteiger partial charge in [-0.1, -0.05) is 0 Å². The molecule has 0 amide bonds. The van der Waals surface area contributed by atoms with Gasteiger partial charge in [0.1, 0.15) is 11.9 Å². The number of hydrogen-bond donors (Lipinski definition) is 2. The lowest BCUT2D eigenvalue weighted by Crippen LogP contribution is -2.63.